The van der Waals surface area contributed by atoms with E-state index in [9.17, 15) is 4.79 Å². The van der Waals surface area contributed by atoms with Crippen molar-refractivity contribution in [3.63, 3.8) is 0 Å². The summed E-state index contributed by atoms with van der Waals surface area (Å²) in [4.78, 5) is 11.2. The summed E-state index contributed by atoms with van der Waals surface area (Å²) >= 11 is 0. The van der Waals surface area contributed by atoms with Crippen molar-refractivity contribution in [2.24, 2.45) is 11.3 Å². The molecule has 0 radical (unpaired) electrons. The first-order chi connectivity index (χ1) is 8.01. The molecule has 0 N–H and O–H groups in total. The highest BCUT2D eigenvalue weighted by molar-refractivity contribution is 5.60. The second kappa shape index (κ2) is 6.18. The van der Waals surface area contributed by atoms with Crippen molar-refractivity contribution >= 4 is 6.29 Å². The summed E-state index contributed by atoms with van der Waals surface area (Å²) in [5, 5.41) is 0. The van der Waals surface area contributed by atoms with Crippen molar-refractivity contribution in [2.45, 2.75) is 59.8 Å². The molecule has 1 nitrogen and oxygen atoms in total. The highest BCUT2D eigenvalue weighted by atomic mass is 16.1. The number of aldehydes is 1. The van der Waals surface area contributed by atoms with Crippen LogP contribution in [0.4, 0.5) is 0 Å². The van der Waals surface area contributed by atoms with Crippen molar-refractivity contribution < 1.29 is 4.79 Å². The lowest BCUT2D eigenvalue weighted by Gasteiger charge is -2.36. The van der Waals surface area contributed by atoms with Crippen molar-refractivity contribution in [2.75, 3.05) is 0 Å². The Morgan fingerprint density at radius 2 is 2.24 bits per heavy atom. The minimum absolute atomic E-state index is 0.116. The van der Waals surface area contributed by atoms with Gasteiger partial charge < -0.3 is 4.79 Å². The minimum atomic E-state index is -0.116. The Morgan fingerprint density at radius 1 is 1.53 bits per heavy atom. The van der Waals surface area contributed by atoms with Crippen LogP contribution >= 0.6 is 0 Å². The van der Waals surface area contributed by atoms with E-state index in [4.69, 9.17) is 0 Å². The van der Waals surface area contributed by atoms with Crippen LogP contribution in [0.2, 0.25) is 0 Å². The van der Waals surface area contributed by atoms with E-state index in [1.165, 1.54) is 11.9 Å². The topological polar surface area (TPSA) is 17.1 Å². The molecular weight excluding hydrogens is 208 g/mol. The molecule has 96 valence electrons. The van der Waals surface area contributed by atoms with Gasteiger partial charge in [-0.15, -0.1) is 0 Å². The summed E-state index contributed by atoms with van der Waals surface area (Å²) < 4.78 is 0. The predicted molar refractivity (Wildman–Crippen MR) is 73.9 cm³/mol. The minimum Gasteiger partial charge on any atom is -0.303 e. The molecule has 1 rings (SSSR count). The fourth-order valence-electron chi connectivity index (χ4n) is 2.67. The van der Waals surface area contributed by atoms with Gasteiger partial charge in [0.1, 0.15) is 6.29 Å². The van der Waals surface area contributed by atoms with E-state index in [2.05, 4.69) is 39.8 Å². The number of hydrogen-bond acceptors (Lipinski definition) is 1. The summed E-state index contributed by atoms with van der Waals surface area (Å²) in [6, 6.07) is 0. The molecule has 0 aliphatic heterocycles. The number of carbonyl (C=O) groups excluding carboxylic acids is 1. The van der Waals surface area contributed by atoms with Gasteiger partial charge in [-0.3, -0.25) is 0 Å². The first kappa shape index (κ1) is 14.2. The van der Waals surface area contributed by atoms with Gasteiger partial charge in [0.05, 0.1) is 0 Å². The summed E-state index contributed by atoms with van der Waals surface area (Å²) in [7, 11) is 0. The third-order valence-corrected chi connectivity index (χ3v) is 4.05. The molecule has 0 aromatic heterocycles. The third-order valence-electron chi connectivity index (χ3n) is 4.05. The molecule has 0 bridgehead atoms. The Balaban J connectivity index is 2.61. The van der Waals surface area contributed by atoms with Crippen LogP contribution < -0.4 is 0 Å². The molecule has 0 saturated carbocycles. The molecule has 0 spiro atoms. The molecule has 0 aromatic rings. The fraction of sp³-hybridized carbons (Fsp3) is 0.688. The number of rotatable bonds is 5. The number of allylic oxidation sites excluding steroid dienone is 4. The van der Waals surface area contributed by atoms with Crippen LogP contribution in [0.25, 0.3) is 0 Å². The zero-order valence-corrected chi connectivity index (χ0v) is 11.8. The highest BCUT2D eigenvalue weighted by Crippen LogP contribution is 2.41. The van der Waals surface area contributed by atoms with E-state index in [1.807, 2.05) is 0 Å². The maximum Gasteiger partial charge on any atom is 0.126 e. The van der Waals surface area contributed by atoms with Gasteiger partial charge in [-0.1, -0.05) is 43.6 Å². The van der Waals surface area contributed by atoms with Crippen LogP contribution in [0, 0.1) is 11.3 Å². The van der Waals surface area contributed by atoms with E-state index in [-0.39, 0.29) is 5.41 Å². The zero-order chi connectivity index (χ0) is 12.9. The maximum atomic E-state index is 11.2. The Kier molecular flexibility index (Phi) is 5.17. The molecular formula is C16H26O. The van der Waals surface area contributed by atoms with Gasteiger partial charge in [0, 0.05) is 5.41 Å². The SMILES string of the molecule is CCC1CC(CCC=C(C)C)=CCC1(C)C=O. The molecule has 1 heteroatoms. The summed E-state index contributed by atoms with van der Waals surface area (Å²) in [6.07, 6.45) is 11.2. The summed E-state index contributed by atoms with van der Waals surface area (Å²) in [5.41, 5.74) is 2.83. The van der Waals surface area contributed by atoms with Crippen molar-refractivity contribution in [1.82, 2.24) is 0 Å². The lowest BCUT2D eigenvalue weighted by molar-refractivity contribution is -0.118. The lowest BCUT2D eigenvalue weighted by Crippen LogP contribution is -2.31. The molecule has 0 heterocycles. The van der Waals surface area contributed by atoms with E-state index in [0.29, 0.717) is 5.92 Å². The molecule has 2 unspecified atom stereocenters. The molecule has 0 aromatic carbocycles. The average Bonchev–Trinajstić information content (AvgIpc) is 2.31. The average molecular weight is 234 g/mol. The molecule has 0 amide bonds. The predicted octanol–water partition coefficient (Wildman–Crippen LogP) is 4.68. The van der Waals surface area contributed by atoms with Crippen molar-refractivity contribution in [3.05, 3.63) is 23.3 Å². The van der Waals surface area contributed by atoms with Gasteiger partial charge in [0.2, 0.25) is 0 Å². The van der Waals surface area contributed by atoms with Crippen LogP contribution in [0.5, 0.6) is 0 Å². The van der Waals surface area contributed by atoms with E-state index < -0.39 is 0 Å². The lowest BCUT2D eigenvalue weighted by atomic mass is 9.67. The van der Waals surface area contributed by atoms with E-state index in [0.717, 1.165) is 32.1 Å². The largest absolute Gasteiger partial charge is 0.303 e. The first-order valence-electron chi connectivity index (χ1n) is 6.79. The second-order valence-corrected chi connectivity index (χ2v) is 5.82. The van der Waals surface area contributed by atoms with Gasteiger partial charge in [-0.05, 0) is 45.4 Å². The van der Waals surface area contributed by atoms with Gasteiger partial charge in [-0.2, -0.15) is 0 Å². The summed E-state index contributed by atoms with van der Waals surface area (Å²) in [5.74, 6) is 0.534. The molecule has 1 aliphatic carbocycles. The summed E-state index contributed by atoms with van der Waals surface area (Å²) in [6.45, 7) is 8.60. The van der Waals surface area contributed by atoms with Crippen molar-refractivity contribution in [1.29, 1.82) is 0 Å². The quantitative estimate of drug-likeness (QED) is 0.498. The normalized spacial score (nSPS) is 28.5. The van der Waals surface area contributed by atoms with Gasteiger partial charge in [-0.25, -0.2) is 0 Å². The molecule has 2 atom stereocenters. The zero-order valence-electron chi connectivity index (χ0n) is 11.8. The number of hydrogen-bond donors (Lipinski definition) is 0. The molecule has 0 fully saturated rings. The Hall–Kier alpha value is -0.850. The Labute approximate surface area is 106 Å². The van der Waals surface area contributed by atoms with Gasteiger partial charge in [0.25, 0.3) is 0 Å². The maximum absolute atomic E-state index is 11.2. The van der Waals surface area contributed by atoms with Crippen LogP contribution in [0.15, 0.2) is 23.3 Å². The monoisotopic (exact) mass is 234 g/mol. The highest BCUT2D eigenvalue weighted by Gasteiger charge is 2.34. The number of carbonyl (C=O) groups is 1. The third kappa shape index (κ3) is 3.83. The van der Waals surface area contributed by atoms with Gasteiger partial charge >= 0.3 is 0 Å². The second-order valence-electron chi connectivity index (χ2n) is 5.82. The van der Waals surface area contributed by atoms with Crippen molar-refractivity contribution in [3.8, 4) is 0 Å². The van der Waals surface area contributed by atoms with Gasteiger partial charge in [0.15, 0.2) is 0 Å². The van der Waals surface area contributed by atoms with Crippen LogP contribution in [-0.4, -0.2) is 6.29 Å². The van der Waals surface area contributed by atoms with Crippen LogP contribution in [0.3, 0.4) is 0 Å². The first-order valence-corrected chi connectivity index (χ1v) is 6.79. The molecule has 0 saturated heterocycles. The molecule has 17 heavy (non-hydrogen) atoms. The van der Waals surface area contributed by atoms with E-state index in [1.54, 1.807) is 5.57 Å². The van der Waals surface area contributed by atoms with E-state index >= 15 is 0 Å². The smallest absolute Gasteiger partial charge is 0.126 e. The fourth-order valence-corrected chi connectivity index (χ4v) is 2.67. The standard InChI is InChI=1S/C16H26O/c1-5-15-11-14(8-6-7-13(2)3)9-10-16(15,4)12-17/h7,9,12,15H,5-6,8,10-11H2,1-4H3. The van der Waals surface area contributed by atoms with Crippen LogP contribution in [-0.2, 0) is 4.79 Å². The van der Waals surface area contributed by atoms with Crippen LogP contribution in [0.1, 0.15) is 59.8 Å². The Bertz CT molecular complexity index is 320. The molecule has 1 aliphatic rings. The Morgan fingerprint density at radius 3 is 2.76 bits per heavy atom.